The Morgan fingerprint density at radius 1 is 1.80 bits per heavy atom. The molecular formula is C2H6B2P. The van der Waals surface area contributed by atoms with Crippen LogP contribution in [-0.4, -0.2) is 21.2 Å². The molecule has 0 aromatic heterocycles. The molecule has 0 amide bonds. The van der Waals surface area contributed by atoms with E-state index in [9.17, 15) is 0 Å². The van der Waals surface area contributed by atoms with Crippen molar-refractivity contribution in [2.75, 3.05) is 6.66 Å². The summed E-state index contributed by atoms with van der Waals surface area (Å²) in [5.41, 5.74) is 0. The molecule has 0 saturated heterocycles. The monoisotopic (exact) mass is 83.0 g/mol. The average Bonchev–Trinajstić information content (AvgIpc) is 1.38. The van der Waals surface area contributed by atoms with E-state index in [4.69, 9.17) is 7.57 Å². The highest BCUT2D eigenvalue weighted by molar-refractivity contribution is 8.03. The van der Waals surface area contributed by atoms with Gasteiger partial charge in [0.1, 0.15) is 7.00 Å². The Labute approximate surface area is 36.7 Å². The molecule has 25 valence electrons. The van der Waals surface area contributed by atoms with Gasteiger partial charge in [-0.15, -0.1) is 0 Å². The van der Waals surface area contributed by atoms with Gasteiger partial charge in [0.15, 0.2) is 0 Å². The molecule has 0 spiro atoms. The van der Waals surface area contributed by atoms with E-state index >= 15 is 0 Å². The van der Waals surface area contributed by atoms with Crippen molar-refractivity contribution in [2.24, 2.45) is 0 Å². The van der Waals surface area contributed by atoms with Gasteiger partial charge in [0.05, 0.1) is 7.57 Å². The van der Waals surface area contributed by atoms with Crippen molar-refractivity contribution in [1.29, 1.82) is 0 Å². The first kappa shape index (κ1) is 5.56. The van der Waals surface area contributed by atoms with Gasteiger partial charge in [0, 0.05) is 0 Å². The maximum atomic E-state index is 5.30. The molecule has 0 heterocycles. The molecule has 0 saturated carbocycles. The number of rotatable bonds is 1. The minimum Gasteiger partial charge on any atom is -0.197 e. The van der Waals surface area contributed by atoms with E-state index in [1.807, 2.05) is 20.5 Å². The first-order chi connectivity index (χ1) is 2.27. The Morgan fingerprint density at radius 2 is 2.00 bits per heavy atom. The van der Waals surface area contributed by atoms with Crippen molar-refractivity contribution < 1.29 is 0 Å². The second-order valence-electron chi connectivity index (χ2n) is 0.924. The summed E-state index contributed by atoms with van der Waals surface area (Å²) in [4.78, 5) is 0. The van der Waals surface area contributed by atoms with Gasteiger partial charge in [-0.25, -0.2) is 0 Å². The van der Waals surface area contributed by atoms with E-state index in [2.05, 4.69) is 0 Å². The van der Waals surface area contributed by atoms with Crippen LogP contribution in [-0.2, 0) is 0 Å². The first-order valence-electron chi connectivity index (χ1n) is 1.54. The zero-order valence-corrected chi connectivity index (χ0v) is 4.50. The van der Waals surface area contributed by atoms with Crippen LogP contribution in [0.25, 0.3) is 0 Å². The van der Waals surface area contributed by atoms with Gasteiger partial charge >= 0.3 is 0 Å². The SMILES string of the molecule is [B]P(C)[B]C. The van der Waals surface area contributed by atoms with Crippen LogP contribution in [0.4, 0.5) is 0 Å². The van der Waals surface area contributed by atoms with Crippen LogP contribution < -0.4 is 0 Å². The van der Waals surface area contributed by atoms with Crippen LogP contribution in [0.15, 0.2) is 0 Å². The molecule has 1 atom stereocenters. The summed E-state index contributed by atoms with van der Waals surface area (Å²) >= 11 is 0. The molecule has 3 radical (unpaired) electrons. The average molecular weight is 82.7 g/mol. The highest BCUT2D eigenvalue weighted by atomic mass is 31.1. The van der Waals surface area contributed by atoms with E-state index in [1.165, 1.54) is 0 Å². The van der Waals surface area contributed by atoms with Gasteiger partial charge in [-0.2, -0.15) is 7.68 Å². The molecule has 0 aliphatic heterocycles. The molecule has 1 unspecified atom stereocenters. The smallest absolute Gasteiger partial charge is 0.130 e. The van der Waals surface area contributed by atoms with Gasteiger partial charge in [0.2, 0.25) is 0 Å². The maximum Gasteiger partial charge on any atom is 0.130 e. The van der Waals surface area contributed by atoms with Crippen molar-refractivity contribution in [3.05, 3.63) is 0 Å². The van der Waals surface area contributed by atoms with Crippen molar-refractivity contribution in [2.45, 2.75) is 6.82 Å². The van der Waals surface area contributed by atoms with Crippen LogP contribution in [0.2, 0.25) is 6.82 Å². The van der Waals surface area contributed by atoms with Crippen LogP contribution >= 0.6 is 7.68 Å². The minimum absolute atomic E-state index is 0.223. The van der Waals surface area contributed by atoms with Crippen molar-refractivity contribution >= 4 is 22.2 Å². The zero-order valence-electron chi connectivity index (χ0n) is 3.60. The Kier molecular flexibility index (Phi) is 3.09. The lowest BCUT2D eigenvalue weighted by atomic mass is 10.2. The summed E-state index contributed by atoms with van der Waals surface area (Å²) < 4.78 is 0. The van der Waals surface area contributed by atoms with Gasteiger partial charge in [-0.05, 0) is 0 Å². The molecule has 0 aliphatic carbocycles. The second-order valence-corrected chi connectivity index (χ2v) is 2.77. The van der Waals surface area contributed by atoms with Crippen LogP contribution in [0.3, 0.4) is 0 Å². The molecule has 0 rings (SSSR count). The van der Waals surface area contributed by atoms with E-state index in [-0.39, 0.29) is 7.68 Å². The number of hydrogen-bond acceptors (Lipinski definition) is 0. The standard InChI is InChI=1S/C2H6B2P/c1-4-5(2)3/h1-2H3. The van der Waals surface area contributed by atoms with E-state index < -0.39 is 0 Å². The topological polar surface area (TPSA) is 0 Å². The van der Waals surface area contributed by atoms with Crippen molar-refractivity contribution in [1.82, 2.24) is 0 Å². The summed E-state index contributed by atoms with van der Waals surface area (Å²) in [5, 5.41) is 0. The molecule has 0 aromatic rings. The molecule has 0 bridgehead atoms. The predicted octanol–water partition coefficient (Wildman–Crippen LogP) is 0.849. The summed E-state index contributed by atoms with van der Waals surface area (Å²) in [6.45, 7) is 6.00. The predicted molar refractivity (Wildman–Crippen MR) is 30.2 cm³/mol. The minimum atomic E-state index is -0.223. The van der Waals surface area contributed by atoms with Gasteiger partial charge < -0.3 is 0 Å². The molecular weight excluding hydrogens is 76.6 g/mol. The fourth-order valence-corrected chi connectivity index (χ4v) is 0. The van der Waals surface area contributed by atoms with Gasteiger partial charge in [-0.1, -0.05) is 13.5 Å². The number of hydrogen-bond donors (Lipinski definition) is 0. The van der Waals surface area contributed by atoms with Crippen LogP contribution in [0.5, 0.6) is 0 Å². The molecule has 0 aromatic carbocycles. The van der Waals surface area contributed by atoms with Gasteiger partial charge in [0.25, 0.3) is 0 Å². The third-order valence-corrected chi connectivity index (χ3v) is 1.22. The fourth-order valence-electron chi connectivity index (χ4n) is 0. The molecule has 0 fully saturated rings. The van der Waals surface area contributed by atoms with Crippen LogP contribution in [0, 0.1) is 0 Å². The highest BCUT2D eigenvalue weighted by Crippen LogP contribution is 2.17. The molecule has 5 heavy (non-hydrogen) atoms. The molecule has 0 nitrogen and oxygen atoms in total. The maximum absolute atomic E-state index is 5.30. The second kappa shape index (κ2) is 2.78. The Hall–Kier alpha value is 0.560. The fraction of sp³-hybridized carbons (Fsp3) is 1.00. The van der Waals surface area contributed by atoms with E-state index in [0.29, 0.717) is 0 Å². The lowest BCUT2D eigenvalue weighted by Gasteiger charge is -1.91. The lowest BCUT2D eigenvalue weighted by molar-refractivity contribution is 2.34. The molecule has 3 heteroatoms. The lowest BCUT2D eigenvalue weighted by Crippen LogP contribution is -1.73. The third kappa shape index (κ3) is 4.56. The summed E-state index contributed by atoms with van der Waals surface area (Å²) in [6, 6.07) is 0. The van der Waals surface area contributed by atoms with E-state index in [1.54, 1.807) is 0 Å². The molecule has 0 aliphatic rings. The summed E-state index contributed by atoms with van der Waals surface area (Å²) in [5.74, 6) is 0. The zero-order chi connectivity index (χ0) is 4.28. The summed E-state index contributed by atoms with van der Waals surface area (Å²) in [7, 11) is 5.08. The van der Waals surface area contributed by atoms with Gasteiger partial charge in [-0.3, -0.25) is 0 Å². The van der Waals surface area contributed by atoms with Crippen molar-refractivity contribution in [3.8, 4) is 0 Å². The largest absolute Gasteiger partial charge is 0.197 e. The summed E-state index contributed by atoms with van der Waals surface area (Å²) in [6.07, 6.45) is 0. The third-order valence-electron chi connectivity index (χ3n) is 0.407. The highest BCUT2D eigenvalue weighted by Gasteiger charge is 1.80. The quantitative estimate of drug-likeness (QED) is 0.325. The Balaban J connectivity index is 2.54. The molecule has 0 N–H and O–H groups in total. The Morgan fingerprint density at radius 3 is 2.00 bits per heavy atom. The Bertz CT molecular complexity index is 21.6. The van der Waals surface area contributed by atoms with Crippen molar-refractivity contribution in [3.63, 3.8) is 0 Å². The van der Waals surface area contributed by atoms with E-state index in [0.717, 1.165) is 0 Å². The first-order valence-corrected chi connectivity index (χ1v) is 3.47. The van der Waals surface area contributed by atoms with Crippen LogP contribution in [0.1, 0.15) is 0 Å². The normalized spacial score (nSPS) is 14.0.